The zero-order chi connectivity index (χ0) is 18.3. The Bertz CT molecular complexity index is 986. The van der Waals surface area contributed by atoms with Gasteiger partial charge in [0.15, 0.2) is 0 Å². The van der Waals surface area contributed by atoms with Crippen LogP contribution >= 0.6 is 0 Å². The minimum absolute atomic E-state index is 0.0527. The van der Waals surface area contributed by atoms with Crippen molar-refractivity contribution in [3.05, 3.63) is 42.0 Å². The van der Waals surface area contributed by atoms with E-state index in [0.29, 0.717) is 12.4 Å². The Morgan fingerprint density at radius 3 is 2.50 bits per heavy atom. The Labute approximate surface area is 152 Å². The summed E-state index contributed by atoms with van der Waals surface area (Å²) >= 11 is 0. The lowest BCUT2D eigenvalue weighted by atomic mass is 10.0. The summed E-state index contributed by atoms with van der Waals surface area (Å²) < 4.78 is 18.5. The van der Waals surface area contributed by atoms with Gasteiger partial charge in [-0.05, 0) is 60.4 Å². The van der Waals surface area contributed by atoms with Crippen LogP contribution in [0.2, 0.25) is 0 Å². The summed E-state index contributed by atoms with van der Waals surface area (Å²) in [6, 6.07) is 11.6. The second-order valence-corrected chi connectivity index (χ2v) is 6.35. The summed E-state index contributed by atoms with van der Waals surface area (Å²) in [4.78, 5) is 12.6. The molecular weight excluding hydrogens is 330 g/mol. The molecule has 0 atom stereocenters. The van der Waals surface area contributed by atoms with Crippen LogP contribution in [0.1, 0.15) is 23.7 Å². The molecule has 0 aliphatic carbocycles. The second kappa shape index (κ2) is 6.41. The number of carbonyl (C=O) groups is 1. The van der Waals surface area contributed by atoms with Crippen LogP contribution in [0.25, 0.3) is 22.2 Å². The SMILES string of the molecule is COc1ccc(-c2c3c4c(ccc(OC)c4n2C(C)=O)OCCC3)cc1. The molecule has 3 aromatic rings. The van der Waals surface area contributed by atoms with E-state index in [4.69, 9.17) is 14.2 Å². The Kier molecular flexibility index (Phi) is 4.07. The van der Waals surface area contributed by atoms with Gasteiger partial charge in [-0.15, -0.1) is 0 Å². The maximum Gasteiger partial charge on any atom is 0.228 e. The Balaban J connectivity index is 2.12. The van der Waals surface area contributed by atoms with Gasteiger partial charge in [-0.2, -0.15) is 0 Å². The predicted molar refractivity (Wildman–Crippen MR) is 101 cm³/mol. The van der Waals surface area contributed by atoms with Crippen molar-refractivity contribution in [1.82, 2.24) is 4.57 Å². The van der Waals surface area contributed by atoms with Crippen LogP contribution in [0.3, 0.4) is 0 Å². The van der Waals surface area contributed by atoms with E-state index in [1.165, 1.54) is 0 Å². The summed E-state index contributed by atoms with van der Waals surface area (Å²) in [5, 5.41) is 0.975. The molecule has 0 saturated carbocycles. The molecule has 0 saturated heterocycles. The molecule has 0 unspecified atom stereocenters. The van der Waals surface area contributed by atoms with Crippen molar-refractivity contribution in [2.45, 2.75) is 19.8 Å². The van der Waals surface area contributed by atoms with E-state index in [0.717, 1.165) is 52.1 Å². The van der Waals surface area contributed by atoms with Crippen LogP contribution in [-0.4, -0.2) is 31.3 Å². The molecule has 0 bridgehead atoms. The molecule has 0 N–H and O–H groups in total. The molecule has 134 valence electrons. The second-order valence-electron chi connectivity index (χ2n) is 6.35. The fraction of sp³-hybridized carbons (Fsp3) is 0.286. The molecule has 2 heterocycles. The third-order valence-corrected chi connectivity index (χ3v) is 4.86. The first kappa shape index (κ1) is 16.5. The third kappa shape index (κ3) is 2.43. The number of rotatable bonds is 3. The minimum atomic E-state index is -0.0527. The van der Waals surface area contributed by atoms with Gasteiger partial charge in [-0.25, -0.2) is 0 Å². The van der Waals surface area contributed by atoms with E-state index in [-0.39, 0.29) is 5.91 Å². The Hall–Kier alpha value is -2.95. The van der Waals surface area contributed by atoms with Gasteiger partial charge in [-0.1, -0.05) is 0 Å². The van der Waals surface area contributed by atoms with Gasteiger partial charge in [-0.3, -0.25) is 9.36 Å². The molecule has 4 rings (SSSR count). The highest BCUT2D eigenvalue weighted by atomic mass is 16.5. The van der Waals surface area contributed by atoms with Crippen molar-refractivity contribution in [3.63, 3.8) is 0 Å². The molecule has 0 radical (unpaired) electrons. The predicted octanol–water partition coefficient (Wildman–Crippen LogP) is 4.31. The number of hydrogen-bond donors (Lipinski definition) is 0. The van der Waals surface area contributed by atoms with E-state index in [1.54, 1.807) is 25.7 Å². The molecule has 5 heteroatoms. The highest BCUT2D eigenvalue weighted by Gasteiger charge is 2.27. The normalized spacial score (nSPS) is 13.2. The van der Waals surface area contributed by atoms with Gasteiger partial charge in [0.1, 0.15) is 22.8 Å². The maximum atomic E-state index is 12.6. The van der Waals surface area contributed by atoms with Crippen molar-refractivity contribution in [1.29, 1.82) is 0 Å². The van der Waals surface area contributed by atoms with Crippen molar-refractivity contribution in [3.8, 4) is 28.5 Å². The number of carbonyl (C=O) groups excluding carboxylic acids is 1. The monoisotopic (exact) mass is 351 g/mol. The number of methoxy groups -OCH3 is 2. The Morgan fingerprint density at radius 2 is 1.85 bits per heavy atom. The average Bonchev–Trinajstić information content (AvgIpc) is 2.86. The molecule has 0 fully saturated rings. The highest BCUT2D eigenvalue weighted by molar-refractivity contribution is 6.06. The largest absolute Gasteiger partial charge is 0.497 e. The summed E-state index contributed by atoms with van der Waals surface area (Å²) in [7, 11) is 3.27. The standard InChI is InChI=1S/C21H21NO4/c1-13(23)22-20(14-6-8-15(24-2)9-7-14)16-5-4-12-26-17-10-11-18(25-3)21(22)19(16)17/h6-11H,4-5,12H2,1-3H3. The quantitative estimate of drug-likeness (QED) is 0.705. The number of aromatic nitrogens is 1. The zero-order valence-corrected chi connectivity index (χ0v) is 15.2. The molecule has 5 nitrogen and oxygen atoms in total. The zero-order valence-electron chi connectivity index (χ0n) is 15.2. The van der Waals surface area contributed by atoms with Crippen molar-refractivity contribution < 1.29 is 19.0 Å². The van der Waals surface area contributed by atoms with Crippen LogP contribution in [0.4, 0.5) is 0 Å². The maximum absolute atomic E-state index is 12.6. The molecule has 1 aliphatic heterocycles. The topological polar surface area (TPSA) is 49.7 Å². The van der Waals surface area contributed by atoms with Crippen LogP contribution in [0, 0.1) is 0 Å². The van der Waals surface area contributed by atoms with Gasteiger partial charge in [0.05, 0.1) is 26.5 Å². The summed E-state index contributed by atoms with van der Waals surface area (Å²) in [5.41, 5.74) is 3.79. The van der Waals surface area contributed by atoms with Crippen LogP contribution in [0.5, 0.6) is 17.2 Å². The third-order valence-electron chi connectivity index (χ3n) is 4.86. The summed E-state index contributed by atoms with van der Waals surface area (Å²) in [5.74, 6) is 2.21. The molecule has 1 aromatic heterocycles. The van der Waals surface area contributed by atoms with E-state index in [2.05, 4.69) is 0 Å². The fourth-order valence-corrected chi connectivity index (χ4v) is 3.76. The van der Waals surface area contributed by atoms with E-state index in [9.17, 15) is 4.79 Å². The van der Waals surface area contributed by atoms with Gasteiger partial charge in [0, 0.05) is 12.3 Å². The molecule has 1 aliphatic rings. The van der Waals surface area contributed by atoms with Crippen molar-refractivity contribution in [2.75, 3.05) is 20.8 Å². The highest BCUT2D eigenvalue weighted by Crippen LogP contribution is 2.44. The smallest absolute Gasteiger partial charge is 0.228 e. The van der Waals surface area contributed by atoms with Crippen LogP contribution in [-0.2, 0) is 6.42 Å². The lowest BCUT2D eigenvalue weighted by molar-refractivity contribution is 0.0943. The van der Waals surface area contributed by atoms with Crippen molar-refractivity contribution >= 4 is 16.8 Å². The molecular formula is C21H21NO4. The number of hydrogen-bond acceptors (Lipinski definition) is 4. The van der Waals surface area contributed by atoms with E-state index >= 15 is 0 Å². The summed E-state index contributed by atoms with van der Waals surface area (Å²) in [6.07, 6.45) is 1.75. The van der Waals surface area contributed by atoms with E-state index in [1.807, 2.05) is 36.4 Å². The number of ether oxygens (including phenoxy) is 3. The van der Waals surface area contributed by atoms with Crippen LogP contribution in [0.15, 0.2) is 36.4 Å². The number of aryl methyl sites for hydroxylation is 1. The van der Waals surface area contributed by atoms with Crippen LogP contribution < -0.4 is 14.2 Å². The first-order valence-corrected chi connectivity index (χ1v) is 8.68. The minimum Gasteiger partial charge on any atom is -0.497 e. The summed E-state index contributed by atoms with van der Waals surface area (Å²) in [6.45, 7) is 2.24. The van der Waals surface area contributed by atoms with Gasteiger partial charge < -0.3 is 14.2 Å². The van der Waals surface area contributed by atoms with Gasteiger partial charge in [0.2, 0.25) is 5.91 Å². The molecule has 0 amide bonds. The average molecular weight is 351 g/mol. The van der Waals surface area contributed by atoms with Gasteiger partial charge >= 0.3 is 0 Å². The first-order chi connectivity index (χ1) is 12.7. The molecule has 26 heavy (non-hydrogen) atoms. The van der Waals surface area contributed by atoms with Gasteiger partial charge in [0.25, 0.3) is 0 Å². The van der Waals surface area contributed by atoms with Crippen molar-refractivity contribution in [2.24, 2.45) is 0 Å². The fourth-order valence-electron chi connectivity index (χ4n) is 3.76. The lowest BCUT2D eigenvalue weighted by Crippen LogP contribution is -2.09. The molecule has 2 aromatic carbocycles. The molecule has 0 spiro atoms. The first-order valence-electron chi connectivity index (χ1n) is 8.68. The van der Waals surface area contributed by atoms with E-state index < -0.39 is 0 Å². The Morgan fingerprint density at radius 1 is 1.08 bits per heavy atom. The number of nitrogens with zero attached hydrogens (tertiary/aromatic N) is 1. The number of benzene rings is 2. The lowest BCUT2D eigenvalue weighted by Gasteiger charge is -2.12.